The maximum atomic E-state index is 5.00. The molecule has 0 radical (unpaired) electrons. The third-order valence-corrected chi connectivity index (χ3v) is 3.48. The summed E-state index contributed by atoms with van der Waals surface area (Å²) in [5.74, 6) is 2.69. The molecule has 1 aliphatic heterocycles. The fourth-order valence-corrected chi connectivity index (χ4v) is 2.69. The number of hydrogen-bond acceptors (Lipinski definition) is 3. The highest BCUT2D eigenvalue weighted by molar-refractivity contribution is 7.99. The van der Waals surface area contributed by atoms with Crippen LogP contribution in [0.3, 0.4) is 0 Å². The number of ether oxygens (including phenoxy) is 1. The van der Waals surface area contributed by atoms with Crippen LogP contribution in [0, 0.1) is 0 Å². The molecule has 1 saturated heterocycles. The van der Waals surface area contributed by atoms with Gasteiger partial charge in [-0.25, -0.2) is 0 Å². The monoisotopic (exact) mass is 203 g/mol. The van der Waals surface area contributed by atoms with Crippen LogP contribution >= 0.6 is 11.8 Å². The summed E-state index contributed by atoms with van der Waals surface area (Å²) in [7, 11) is 1.77. The molecule has 0 spiro atoms. The minimum absolute atomic E-state index is 0.795. The molecule has 0 aromatic heterocycles. The summed E-state index contributed by atoms with van der Waals surface area (Å²) < 4.78 is 5.00. The molecule has 1 aliphatic rings. The van der Waals surface area contributed by atoms with Gasteiger partial charge in [0.05, 0.1) is 0 Å². The van der Waals surface area contributed by atoms with Crippen LogP contribution in [0.2, 0.25) is 0 Å². The average Bonchev–Trinajstić information content (AvgIpc) is 2.19. The Morgan fingerprint density at radius 2 is 2.08 bits per heavy atom. The molecule has 0 aliphatic carbocycles. The lowest BCUT2D eigenvalue weighted by molar-refractivity contribution is 0.192. The predicted octanol–water partition coefficient (Wildman–Crippen LogP) is 1.90. The van der Waals surface area contributed by atoms with E-state index in [4.69, 9.17) is 4.74 Å². The first-order valence-corrected chi connectivity index (χ1v) is 6.39. The van der Waals surface area contributed by atoms with Crippen molar-refractivity contribution in [3.05, 3.63) is 0 Å². The van der Waals surface area contributed by atoms with Crippen LogP contribution in [0.15, 0.2) is 0 Å². The highest BCUT2D eigenvalue weighted by Crippen LogP contribution is 2.16. The van der Waals surface area contributed by atoms with Crippen LogP contribution in [0.25, 0.3) is 0 Å². The van der Waals surface area contributed by atoms with Gasteiger partial charge in [-0.2, -0.15) is 11.8 Å². The number of nitrogens with one attached hydrogen (secondary N) is 1. The van der Waals surface area contributed by atoms with E-state index in [1.54, 1.807) is 7.11 Å². The SMILES string of the molecule is COCCCCNC1CCSCC1. The van der Waals surface area contributed by atoms with Crippen molar-refractivity contribution in [2.24, 2.45) is 0 Å². The Labute approximate surface area is 85.8 Å². The smallest absolute Gasteiger partial charge is 0.0462 e. The second-order valence-corrected chi connectivity index (χ2v) is 4.77. The number of thioether (sulfide) groups is 1. The molecular formula is C10H21NOS. The van der Waals surface area contributed by atoms with Crippen molar-refractivity contribution in [1.82, 2.24) is 5.32 Å². The lowest BCUT2D eigenvalue weighted by Crippen LogP contribution is -2.33. The van der Waals surface area contributed by atoms with Gasteiger partial charge in [0.2, 0.25) is 0 Å². The lowest BCUT2D eigenvalue weighted by atomic mass is 10.1. The van der Waals surface area contributed by atoms with Crippen LogP contribution < -0.4 is 5.32 Å². The van der Waals surface area contributed by atoms with Crippen LogP contribution in [0.4, 0.5) is 0 Å². The second-order valence-electron chi connectivity index (χ2n) is 3.54. The van der Waals surface area contributed by atoms with Crippen LogP contribution in [0.5, 0.6) is 0 Å². The van der Waals surface area contributed by atoms with Crippen molar-refractivity contribution < 1.29 is 4.74 Å². The third-order valence-electron chi connectivity index (χ3n) is 2.43. The van der Waals surface area contributed by atoms with Crippen LogP contribution in [-0.4, -0.2) is 37.8 Å². The Bertz CT molecular complexity index is 115. The Balaban J connectivity index is 1.86. The summed E-state index contributed by atoms with van der Waals surface area (Å²) in [5, 5.41) is 3.61. The Morgan fingerprint density at radius 3 is 2.77 bits per heavy atom. The van der Waals surface area contributed by atoms with E-state index in [2.05, 4.69) is 17.1 Å². The molecule has 0 bridgehead atoms. The van der Waals surface area contributed by atoms with Crippen molar-refractivity contribution in [2.75, 3.05) is 31.8 Å². The zero-order valence-electron chi connectivity index (χ0n) is 8.55. The molecule has 0 aromatic carbocycles. The molecule has 0 amide bonds. The zero-order chi connectivity index (χ0) is 9.36. The average molecular weight is 203 g/mol. The molecule has 1 fully saturated rings. The normalized spacial score (nSPS) is 19.2. The summed E-state index contributed by atoms with van der Waals surface area (Å²) >= 11 is 2.09. The molecule has 3 heteroatoms. The van der Waals surface area contributed by atoms with Crippen molar-refractivity contribution in [3.8, 4) is 0 Å². The minimum Gasteiger partial charge on any atom is -0.385 e. The fraction of sp³-hybridized carbons (Fsp3) is 1.00. The second kappa shape index (κ2) is 7.65. The molecule has 0 saturated carbocycles. The van der Waals surface area contributed by atoms with E-state index in [1.807, 2.05) is 0 Å². The largest absolute Gasteiger partial charge is 0.385 e. The van der Waals surface area contributed by atoms with Crippen LogP contribution in [0.1, 0.15) is 25.7 Å². The van der Waals surface area contributed by atoms with Gasteiger partial charge in [-0.15, -0.1) is 0 Å². The van der Waals surface area contributed by atoms with Gasteiger partial charge in [-0.1, -0.05) is 0 Å². The zero-order valence-corrected chi connectivity index (χ0v) is 9.37. The Morgan fingerprint density at radius 1 is 1.31 bits per heavy atom. The first-order valence-electron chi connectivity index (χ1n) is 5.23. The van der Waals surface area contributed by atoms with Crippen molar-refractivity contribution in [1.29, 1.82) is 0 Å². The maximum absolute atomic E-state index is 5.00. The van der Waals surface area contributed by atoms with Gasteiger partial charge < -0.3 is 10.1 Å². The van der Waals surface area contributed by atoms with Crippen molar-refractivity contribution in [2.45, 2.75) is 31.7 Å². The van der Waals surface area contributed by atoms with Gasteiger partial charge in [0.1, 0.15) is 0 Å². The first-order chi connectivity index (χ1) is 6.43. The molecular weight excluding hydrogens is 182 g/mol. The summed E-state index contributed by atoms with van der Waals surface area (Å²) in [6, 6.07) is 0.795. The molecule has 1 heterocycles. The van der Waals surface area contributed by atoms with Gasteiger partial charge in [0, 0.05) is 19.8 Å². The summed E-state index contributed by atoms with van der Waals surface area (Å²) in [4.78, 5) is 0. The topological polar surface area (TPSA) is 21.3 Å². The summed E-state index contributed by atoms with van der Waals surface area (Å²) in [6.45, 7) is 2.07. The molecule has 0 aromatic rings. The third kappa shape index (κ3) is 5.55. The minimum atomic E-state index is 0.795. The lowest BCUT2D eigenvalue weighted by Gasteiger charge is -2.22. The molecule has 13 heavy (non-hydrogen) atoms. The highest BCUT2D eigenvalue weighted by Gasteiger charge is 2.11. The van der Waals surface area contributed by atoms with E-state index in [9.17, 15) is 0 Å². The van der Waals surface area contributed by atoms with Gasteiger partial charge >= 0.3 is 0 Å². The fourth-order valence-electron chi connectivity index (χ4n) is 1.58. The number of rotatable bonds is 6. The predicted molar refractivity (Wildman–Crippen MR) is 59.5 cm³/mol. The number of unbranched alkanes of at least 4 members (excludes halogenated alkanes) is 1. The van der Waals surface area contributed by atoms with Gasteiger partial charge in [0.15, 0.2) is 0 Å². The van der Waals surface area contributed by atoms with E-state index >= 15 is 0 Å². The molecule has 0 unspecified atom stereocenters. The van der Waals surface area contributed by atoms with Gasteiger partial charge in [0.25, 0.3) is 0 Å². The Kier molecular flexibility index (Phi) is 6.68. The first kappa shape index (κ1) is 11.3. The van der Waals surface area contributed by atoms with Crippen molar-refractivity contribution in [3.63, 3.8) is 0 Å². The Hall–Kier alpha value is 0.270. The van der Waals surface area contributed by atoms with E-state index in [0.29, 0.717) is 0 Å². The molecule has 78 valence electrons. The van der Waals surface area contributed by atoms with Gasteiger partial charge in [-0.05, 0) is 43.7 Å². The standard InChI is InChI=1S/C10H21NOS/c1-12-7-3-2-6-11-10-4-8-13-9-5-10/h10-11H,2-9H2,1H3. The molecule has 0 atom stereocenters. The summed E-state index contributed by atoms with van der Waals surface area (Å²) in [6.07, 6.45) is 5.15. The van der Waals surface area contributed by atoms with E-state index in [1.165, 1.54) is 43.7 Å². The van der Waals surface area contributed by atoms with E-state index in [-0.39, 0.29) is 0 Å². The van der Waals surface area contributed by atoms with E-state index < -0.39 is 0 Å². The molecule has 1 rings (SSSR count). The van der Waals surface area contributed by atoms with E-state index in [0.717, 1.165) is 12.6 Å². The van der Waals surface area contributed by atoms with Crippen molar-refractivity contribution >= 4 is 11.8 Å². The van der Waals surface area contributed by atoms with Gasteiger partial charge in [-0.3, -0.25) is 0 Å². The van der Waals surface area contributed by atoms with Crippen LogP contribution in [-0.2, 0) is 4.74 Å². The summed E-state index contributed by atoms with van der Waals surface area (Å²) in [5.41, 5.74) is 0. The maximum Gasteiger partial charge on any atom is 0.0462 e. The molecule has 1 N–H and O–H groups in total. The quantitative estimate of drug-likeness (QED) is 0.666. The number of hydrogen-bond donors (Lipinski definition) is 1. The highest BCUT2D eigenvalue weighted by atomic mass is 32.2. The number of methoxy groups -OCH3 is 1. The molecule has 2 nitrogen and oxygen atoms in total.